The van der Waals surface area contributed by atoms with Crippen LogP contribution in [0.15, 0.2) is 35.2 Å². The summed E-state index contributed by atoms with van der Waals surface area (Å²) in [5.41, 5.74) is 2.91. The van der Waals surface area contributed by atoms with Crippen LogP contribution in [0.1, 0.15) is 22.5 Å². The maximum atomic E-state index is 12.1. The van der Waals surface area contributed by atoms with Crippen LogP contribution in [0.2, 0.25) is 5.02 Å². The summed E-state index contributed by atoms with van der Waals surface area (Å²) in [6.07, 6.45) is 0.306. The molecule has 2 amide bonds. The molecule has 3 rings (SSSR count). The van der Waals surface area contributed by atoms with Crippen LogP contribution in [0.4, 0.5) is 0 Å². The minimum Gasteiger partial charge on any atom is -0.346 e. The zero-order valence-corrected chi connectivity index (χ0v) is 13.2. The number of hydrogen-bond donors (Lipinski definition) is 1. The maximum absolute atomic E-state index is 12.1. The van der Waals surface area contributed by atoms with E-state index in [1.807, 2.05) is 18.2 Å². The second-order valence-electron chi connectivity index (χ2n) is 5.11. The Morgan fingerprint density at radius 1 is 1.45 bits per heavy atom. The summed E-state index contributed by atoms with van der Waals surface area (Å²) in [7, 11) is 0. The molecule has 2 aromatic rings. The lowest BCUT2D eigenvalue weighted by Gasteiger charge is -2.17. The molecule has 7 heteroatoms. The molecule has 1 aliphatic heterocycles. The van der Waals surface area contributed by atoms with Crippen LogP contribution in [0.3, 0.4) is 0 Å². The van der Waals surface area contributed by atoms with Gasteiger partial charge in [-0.1, -0.05) is 29.8 Å². The van der Waals surface area contributed by atoms with E-state index in [1.54, 1.807) is 21.9 Å². The van der Waals surface area contributed by atoms with E-state index in [1.165, 1.54) is 11.3 Å². The number of carbonyl (C=O) groups is 2. The van der Waals surface area contributed by atoms with Crippen molar-refractivity contribution in [1.82, 2.24) is 15.2 Å². The minimum atomic E-state index is -0.237. The number of thiazole rings is 1. The Kier molecular flexibility index (Phi) is 4.40. The molecule has 0 saturated carbocycles. The Bertz CT molecular complexity index is 690. The highest BCUT2D eigenvalue weighted by atomic mass is 35.5. The summed E-state index contributed by atoms with van der Waals surface area (Å²) in [5.74, 6) is -0.220. The fraction of sp³-hybridized carbons (Fsp3) is 0.267. The first-order valence-corrected chi connectivity index (χ1v) is 8.16. The molecule has 114 valence electrons. The minimum absolute atomic E-state index is 0.0171. The topological polar surface area (TPSA) is 62.3 Å². The van der Waals surface area contributed by atoms with Crippen LogP contribution in [0, 0.1) is 0 Å². The molecule has 0 radical (unpaired) electrons. The van der Waals surface area contributed by atoms with Crippen molar-refractivity contribution in [3.63, 3.8) is 0 Å². The van der Waals surface area contributed by atoms with Crippen molar-refractivity contribution in [1.29, 1.82) is 0 Å². The highest BCUT2D eigenvalue weighted by molar-refractivity contribution is 7.07. The number of carbonyl (C=O) groups excluding carboxylic acids is 2. The van der Waals surface area contributed by atoms with Crippen LogP contribution in [-0.4, -0.2) is 34.3 Å². The Labute approximate surface area is 136 Å². The van der Waals surface area contributed by atoms with E-state index in [0.29, 0.717) is 30.2 Å². The van der Waals surface area contributed by atoms with Gasteiger partial charge in [0.2, 0.25) is 5.91 Å². The Morgan fingerprint density at radius 3 is 3.00 bits per heavy atom. The van der Waals surface area contributed by atoms with Gasteiger partial charge in [-0.25, -0.2) is 4.98 Å². The van der Waals surface area contributed by atoms with Crippen molar-refractivity contribution in [3.05, 3.63) is 51.4 Å². The number of benzene rings is 1. The van der Waals surface area contributed by atoms with Gasteiger partial charge in [-0.15, -0.1) is 11.3 Å². The van der Waals surface area contributed by atoms with Crippen molar-refractivity contribution in [2.24, 2.45) is 0 Å². The number of amides is 2. The van der Waals surface area contributed by atoms with Gasteiger partial charge in [0.15, 0.2) is 0 Å². The molecule has 1 N–H and O–H groups in total. The van der Waals surface area contributed by atoms with Crippen molar-refractivity contribution in [3.8, 4) is 0 Å². The summed E-state index contributed by atoms with van der Waals surface area (Å²) in [6, 6.07) is 7.26. The quantitative estimate of drug-likeness (QED) is 0.932. The molecular weight excluding hydrogens is 322 g/mol. The van der Waals surface area contributed by atoms with E-state index < -0.39 is 0 Å². The number of halogens is 1. The predicted molar refractivity (Wildman–Crippen MR) is 84.9 cm³/mol. The summed E-state index contributed by atoms with van der Waals surface area (Å²) >= 11 is 7.49. The SMILES string of the molecule is O=C(N[C@H]1CC(=O)N(Cc2ccccc2Cl)C1)c1cscn1. The molecule has 2 heterocycles. The molecular formula is C15H14ClN3O2S. The number of nitrogens with one attached hydrogen (secondary N) is 1. The normalized spacial score (nSPS) is 17.8. The van der Waals surface area contributed by atoms with Crippen molar-refractivity contribution < 1.29 is 9.59 Å². The van der Waals surface area contributed by atoms with E-state index in [9.17, 15) is 9.59 Å². The van der Waals surface area contributed by atoms with Gasteiger partial charge in [0.1, 0.15) is 5.69 Å². The molecule has 5 nitrogen and oxygen atoms in total. The lowest BCUT2D eigenvalue weighted by atomic mass is 10.2. The fourth-order valence-corrected chi connectivity index (χ4v) is 3.17. The summed E-state index contributed by atoms with van der Waals surface area (Å²) in [6.45, 7) is 0.946. The lowest BCUT2D eigenvalue weighted by molar-refractivity contribution is -0.128. The van der Waals surface area contributed by atoms with Gasteiger partial charge in [-0.3, -0.25) is 9.59 Å². The average Bonchev–Trinajstić information content (AvgIpc) is 3.12. The van der Waals surface area contributed by atoms with Crippen molar-refractivity contribution in [2.75, 3.05) is 6.54 Å². The Morgan fingerprint density at radius 2 is 2.27 bits per heavy atom. The molecule has 1 saturated heterocycles. The maximum Gasteiger partial charge on any atom is 0.271 e. The molecule has 1 fully saturated rings. The second kappa shape index (κ2) is 6.46. The first-order chi connectivity index (χ1) is 10.6. The molecule has 0 bridgehead atoms. The molecule has 1 atom stereocenters. The third-order valence-electron chi connectivity index (χ3n) is 3.53. The van der Waals surface area contributed by atoms with Gasteiger partial charge in [0, 0.05) is 29.9 Å². The number of hydrogen-bond acceptors (Lipinski definition) is 4. The first kappa shape index (κ1) is 15.0. The zero-order valence-electron chi connectivity index (χ0n) is 11.7. The summed E-state index contributed by atoms with van der Waals surface area (Å²) in [4.78, 5) is 29.7. The molecule has 22 heavy (non-hydrogen) atoms. The number of aromatic nitrogens is 1. The smallest absolute Gasteiger partial charge is 0.271 e. The van der Waals surface area contributed by atoms with Crippen LogP contribution < -0.4 is 5.32 Å². The van der Waals surface area contributed by atoms with Crippen LogP contribution in [0.25, 0.3) is 0 Å². The molecule has 1 aromatic heterocycles. The van der Waals surface area contributed by atoms with Gasteiger partial charge in [-0.05, 0) is 11.6 Å². The fourth-order valence-electron chi connectivity index (χ4n) is 2.44. The van der Waals surface area contributed by atoms with Crippen LogP contribution >= 0.6 is 22.9 Å². The van der Waals surface area contributed by atoms with Crippen LogP contribution in [-0.2, 0) is 11.3 Å². The zero-order chi connectivity index (χ0) is 15.5. The monoisotopic (exact) mass is 335 g/mol. The van der Waals surface area contributed by atoms with Gasteiger partial charge < -0.3 is 10.2 Å². The van der Waals surface area contributed by atoms with Gasteiger partial charge in [0.05, 0.1) is 11.6 Å². The van der Waals surface area contributed by atoms with Gasteiger partial charge >= 0.3 is 0 Å². The molecule has 0 aliphatic carbocycles. The van der Waals surface area contributed by atoms with Crippen molar-refractivity contribution in [2.45, 2.75) is 19.0 Å². The third-order valence-corrected chi connectivity index (χ3v) is 4.49. The highest BCUT2D eigenvalue weighted by Crippen LogP contribution is 2.20. The summed E-state index contributed by atoms with van der Waals surface area (Å²) in [5, 5.41) is 5.18. The molecule has 1 aromatic carbocycles. The number of rotatable bonds is 4. The van der Waals surface area contributed by atoms with Gasteiger partial charge in [0.25, 0.3) is 5.91 Å². The average molecular weight is 336 g/mol. The Hall–Kier alpha value is -1.92. The first-order valence-electron chi connectivity index (χ1n) is 6.83. The second-order valence-corrected chi connectivity index (χ2v) is 6.24. The van der Waals surface area contributed by atoms with E-state index in [0.717, 1.165) is 5.56 Å². The van der Waals surface area contributed by atoms with Gasteiger partial charge in [-0.2, -0.15) is 0 Å². The number of nitrogens with zero attached hydrogens (tertiary/aromatic N) is 2. The van der Waals surface area contributed by atoms with E-state index in [-0.39, 0.29) is 17.9 Å². The molecule has 1 aliphatic rings. The molecule has 0 unspecified atom stereocenters. The summed E-state index contributed by atoms with van der Waals surface area (Å²) < 4.78 is 0. The third kappa shape index (κ3) is 3.28. The van der Waals surface area contributed by atoms with Crippen molar-refractivity contribution >= 4 is 34.8 Å². The van der Waals surface area contributed by atoms with E-state index in [4.69, 9.17) is 11.6 Å². The molecule has 0 spiro atoms. The number of likely N-dealkylation sites (tertiary alicyclic amines) is 1. The van der Waals surface area contributed by atoms with E-state index in [2.05, 4.69) is 10.3 Å². The predicted octanol–water partition coefficient (Wildman–Crippen LogP) is 2.33. The van der Waals surface area contributed by atoms with E-state index >= 15 is 0 Å². The Balaban J connectivity index is 1.61. The lowest BCUT2D eigenvalue weighted by Crippen LogP contribution is -2.37. The highest BCUT2D eigenvalue weighted by Gasteiger charge is 2.31. The standard InChI is InChI=1S/C15H14ClN3O2S/c16-12-4-2-1-3-10(12)6-19-7-11(5-14(19)20)18-15(21)13-8-22-9-17-13/h1-4,8-9,11H,5-7H2,(H,18,21)/t11-/m0/s1. The largest absolute Gasteiger partial charge is 0.346 e. The van der Waals surface area contributed by atoms with Crippen LogP contribution in [0.5, 0.6) is 0 Å².